The monoisotopic (exact) mass is 190 g/mol. The highest BCUT2D eigenvalue weighted by Gasteiger charge is 2.13. The smallest absolute Gasteiger partial charge is 0.303 e. The van der Waals surface area contributed by atoms with Crippen LogP contribution in [0.3, 0.4) is 0 Å². The quantitative estimate of drug-likeness (QED) is 0.698. The largest absolute Gasteiger partial charge is 0.481 e. The van der Waals surface area contributed by atoms with E-state index in [1.807, 2.05) is 20.8 Å². The van der Waals surface area contributed by atoms with Crippen molar-refractivity contribution in [1.82, 2.24) is 0 Å². The van der Waals surface area contributed by atoms with E-state index in [9.17, 15) is 9.59 Å². The average Bonchev–Trinajstić information content (AvgIpc) is 1.83. The van der Waals surface area contributed by atoms with Crippen LogP contribution in [0.2, 0.25) is 0 Å². The van der Waals surface area contributed by atoms with Gasteiger partial charge in [-0.25, -0.2) is 0 Å². The van der Waals surface area contributed by atoms with Crippen molar-refractivity contribution in [2.75, 3.05) is 0 Å². The third-order valence-electron chi connectivity index (χ3n) is 0.984. The van der Waals surface area contributed by atoms with Gasteiger partial charge in [0, 0.05) is 6.42 Å². The highest BCUT2D eigenvalue weighted by atomic mass is 16.4. The maximum Gasteiger partial charge on any atom is 0.303 e. The number of hydrogen-bond acceptors (Lipinski definition) is 2. The fraction of sp³-hybridized carbons (Fsp3) is 0.778. The minimum Gasteiger partial charge on any atom is -0.481 e. The van der Waals surface area contributed by atoms with Gasteiger partial charge < -0.3 is 10.2 Å². The summed E-state index contributed by atoms with van der Waals surface area (Å²) >= 11 is 0. The molecule has 4 nitrogen and oxygen atoms in total. The SMILES string of the molecule is CC(C)(C)CC(=O)O.CCC(=O)O. The van der Waals surface area contributed by atoms with Crippen LogP contribution in [-0.4, -0.2) is 22.2 Å². The van der Waals surface area contributed by atoms with E-state index >= 15 is 0 Å². The molecule has 0 aliphatic heterocycles. The van der Waals surface area contributed by atoms with Crippen LogP contribution >= 0.6 is 0 Å². The fourth-order valence-electron chi connectivity index (χ4n) is 0.454. The first-order valence-electron chi connectivity index (χ1n) is 4.12. The van der Waals surface area contributed by atoms with Gasteiger partial charge in [-0.3, -0.25) is 9.59 Å². The zero-order valence-corrected chi connectivity index (χ0v) is 8.63. The van der Waals surface area contributed by atoms with Gasteiger partial charge in [0.1, 0.15) is 0 Å². The number of carbonyl (C=O) groups is 2. The van der Waals surface area contributed by atoms with Gasteiger partial charge >= 0.3 is 11.9 Å². The Morgan fingerprint density at radius 2 is 1.38 bits per heavy atom. The Balaban J connectivity index is 0. The van der Waals surface area contributed by atoms with Crippen LogP contribution in [0.25, 0.3) is 0 Å². The van der Waals surface area contributed by atoms with Crippen molar-refractivity contribution in [3.8, 4) is 0 Å². The van der Waals surface area contributed by atoms with Crippen molar-refractivity contribution in [2.24, 2.45) is 5.41 Å². The van der Waals surface area contributed by atoms with Crippen LogP contribution in [0.1, 0.15) is 40.5 Å². The van der Waals surface area contributed by atoms with E-state index in [4.69, 9.17) is 10.2 Å². The Hall–Kier alpha value is -1.06. The van der Waals surface area contributed by atoms with E-state index in [0.29, 0.717) is 0 Å². The Morgan fingerprint density at radius 1 is 1.08 bits per heavy atom. The molecule has 0 heterocycles. The van der Waals surface area contributed by atoms with Crippen LogP contribution in [0.5, 0.6) is 0 Å². The Labute approximate surface area is 78.6 Å². The van der Waals surface area contributed by atoms with Gasteiger partial charge in [-0.05, 0) is 5.41 Å². The summed E-state index contributed by atoms with van der Waals surface area (Å²) in [6.45, 7) is 7.31. The van der Waals surface area contributed by atoms with Crippen molar-refractivity contribution in [3.63, 3.8) is 0 Å². The van der Waals surface area contributed by atoms with E-state index in [1.54, 1.807) is 6.92 Å². The molecule has 0 bridgehead atoms. The summed E-state index contributed by atoms with van der Waals surface area (Å²) in [7, 11) is 0. The molecule has 0 unspecified atom stereocenters. The molecule has 0 aromatic heterocycles. The minimum absolute atomic E-state index is 0.0775. The summed E-state index contributed by atoms with van der Waals surface area (Å²) in [5.74, 6) is -1.47. The molecule has 4 heteroatoms. The first-order chi connectivity index (χ1) is 5.69. The summed E-state index contributed by atoms with van der Waals surface area (Å²) < 4.78 is 0. The topological polar surface area (TPSA) is 74.6 Å². The molecule has 0 aliphatic carbocycles. The lowest BCUT2D eigenvalue weighted by molar-refractivity contribution is -0.139. The van der Waals surface area contributed by atoms with E-state index in [0.717, 1.165) is 0 Å². The lowest BCUT2D eigenvalue weighted by Gasteiger charge is -2.13. The normalized spacial score (nSPS) is 9.85. The lowest BCUT2D eigenvalue weighted by atomic mass is 9.93. The van der Waals surface area contributed by atoms with Crippen LogP contribution < -0.4 is 0 Å². The molecule has 13 heavy (non-hydrogen) atoms. The lowest BCUT2D eigenvalue weighted by Crippen LogP contribution is -2.11. The number of rotatable bonds is 2. The summed E-state index contributed by atoms with van der Waals surface area (Å²) in [6, 6.07) is 0. The number of hydrogen-bond donors (Lipinski definition) is 2. The number of carboxylic acid groups (broad SMARTS) is 2. The van der Waals surface area contributed by atoms with E-state index in [2.05, 4.69) is 0 Å². The molecule has 78 valence electrons. The maximum absolute atomic E-state index is 10.0. The fourth-order valence-corrected chi connectivity index (χ4v) is 0.454. The maximum atomic E-state index is 10.0. The van der Waals surface area contributed by atoms with Crippen LogP contribution in [-0.2, 0) is 9.59 Å². The molecule has 0 spiro atoms. The van der Waals surface area contributed by atoms with Gasteiger partial charge in [0.15, 0.2) is 0 Å². The first kappa shape index (κ1) is 14.5. The molecule has 0 amide bonds. The Kier molecular flexibility index (Phi) is 7.18. The summed E-state index contributed by atoms with van der Waals surface area (Å²) in [5.41, 5.74) is -0.0775. The molecule has 0 fully saturated rings. The molecule has 0 aliphatic rings. The van der Waals surface area contributed by atoms with Crippen LogP contribution in [0.4, 0.5) is 0 Å². The zero-order chi connectivity index (χ0) is 11.1. The Morgan fingerprint density at radius 3 is 1.38 bits per heavy atom. The highest BCUT2D eigenvalue weighted by Crippen LogP contribution is 2.17. The molecule has 2 N–H and O–H groups in total. The second kappa shape index (κ2) is 6.46. The molecular weight excluding hydrogens is 172 g/mol. The molecular formula is C9H18O4. The highest BCUT2D eigenvalue weighted by molar-refractivity contribution is 5.67. The molecule has 0 saturated carbocycles. The molecule has 0 radical (unpaired) electrons. The van der Waals surface area contributed by atoms with Crippen LogP contribution in [0, 0.1) is 5.41 Å². The standard InChI is InChI=1S/C6H12O2.C3H6O2/c1-6(2,3)4-5(7)8;1-2-3(4)5/h4H2,1-3H3,(H,7,8);2H2,1H3,(H,4,5). The van der Waals surface area contributed by atoms with Crippen molar-refractivity contribution in [1.29, 1.82) is 0 Å². The van der Waals surface area contributed by atoms with E-state index in [-0.39, 0.29) is 18.3 Å². The summed E-state index contributed by atoms with van der Waals surface area (Å²) in [6.07, 6.45) is 0.465. The van der Waals surface area contributed by atoms with Crippen molar-refractivity contribution in [2.45, 2.75) is 40.5 Å². The van der Waals surface area contributed by atoms with Gasteiger partial charge in [-0.2, -0.15) is 0 Å². The second-order valence-electron chi connectivity index (χ2n) is 3.88. The zero-order valence-electron chi connectivity index (χ0n) is 8.63. The predicted octanol–water partition coefficient (Wildman–Crippen LogP) is 1.99. The van der Waals surface area contributed by atoms with E-state index < -0.39 is 11.9 Å². The van der Waals surface area contributed by atoms with Crippen molar-refractivity contribution < 1.29 is 19.8 Å². The van der Waals surface area contributed by atoms with Crippen LogP contribution in [0.15, 0.2) is 0 Å². The molecule has 0 saturated heterocycles. The van der Waals surface area contributed by atoms with Gasteiger partial charge in [0.2, 0.25) is 0 Å². The third kappa shape index (κ3) is 24.8. The number of carboxylic acids is 2. The van der Waals surface area contributed by atoms with Gasteiger partial charge in [0.05, 0.1) is 6.42 Å². The first-order valence-corrected chi connectivity index (χ1v) is 4.12. The van der Waals surface area contributed by atoms with Crippen molar-refractivity contribution >= 4 is 11.9 Å². The number of aliphatic carboxylic acids is 2. The molecule has 0 aromatic rings. The second-order valence-corrected chi connectivity index (χ2v) is 3.88. The molecule has 0 rings (SSSR count). The van der Waals surface area contributed by atoms with Gasteiger partial charge in [-0.15, -0.1) is 0 Å². The van der Waals surface area contributed by atoms with Gasteiger partial charge in [0.25, 0.3) is 0 Å². The average molecular weight is 190 g/mol. The third-order valence-corrected chi connectivity index (χ3v) is 0.984. The molecule has 0 aromatic carbocycles. The Bertz CT molecular complexity index is 167. The summed E-state index contributed by atoms with van der Waals surface area (Å²) in [4.78, 5) is 19.4. The van der Waals surface area contributed by atoms with Crippen molar-refractivity contribution in [3.05, 3.63) is 0 Å². The minimum atomic E-state index is -0.745. The summed E-state index contributed by atoms with van der Waals surface area (Å²) in [5, 5.41) is 16.0. The molecule has 0 atom stereocenters. The van der Waals surface area contributed by atoms with Gasteiger partial charge in [-0.1, -0.05) is 27.7 Å². The predicted molar refractivity (Wildman–Crippen MR) is 49.6 cm³/mol. The van der Waals surface area contributed by atoms with E-state index in [1.165, 1.54) is 0 Å².